The van der Waals surface area contributed by atoms with E-state index in [1.807, 2.05) is 0 Å². The molecule has 8 heteroatoms. The minimum absolute atomic E-state index is 0.0709. The van der Waals surface area contributed by atoms with E-state index < -0.39 is 11.8 Å². The van der Waals surface area contributed by atoms with Crippen molar-refractivity contribution in [3.05, 3.63) is 35.2 Å². The van der Waals surface area contributed by atoms with Crippen LogP contribution in [0.15, 0.2) is 18.2 Å². The number of hydrogen-bond acceptors (Lipinski definition) is 8. The second-order valence-corrected chi connectivity index (χ2v) is 4.38. The Hall–Kier alpha value is -2.48. The largest absolute Gasteiger partial charge is 0.497 e. The monoisotopic (exact) mass is 308 g/mol. The van der Waals surface area contributed by atoms with E-state index in [4.69, 9.17) is 9.47 Å². The molecule has 0 atom stereocenters. The van der Waals surface area contributed by atoms with Crippen molar-refractivity contribution in [1.82, 2.24) is 8.75 Å². The second kappa shape index (κ2) is 6.31. The van der Waals surface area contributed by atoms with E-state index >= 15 is 0 Å². The average molecular weight is 308 g/mol. The number of esters is 1. The highest BCUT2D eigenvalue weighted by Crippen LogP contribution is 2.27. The maximum atomic E-state index is 12.6. The molecule has 2 rings (SSSR count). The number of rotatable bonds is 5. The maximum absolute atomic E-state index is 12.6. The highest BCUT2D eigenvalue weighted by molar-refractivity contribution is 6.99. The normalized spacial score (nSPS) is 10.0. The summed E-state index contributed by atoms with van der Waals surface area (Å²) in [6, 6.07) is 4.78. The number of methoxy groups -OCH3 is 3. The Balaban J connectivity index is 2.49. The molecule has 0 saturated carbocycles. The average Bonchev–Trinajstić information content (AvgIpc) is 3.02. The molecule has 0 aliphatic carbocycles. The van der Waals surface area contributed by atoms with Crippen molar-refractivity contribution in [2.24, 2.45) is 0 Å². The van der Waals surface area contributed by atoms with Gasteiger partial charge in [-0.1, -0.05) is 0 Å². The molecule has 0 bridgehead atoms. The number of nitrogens with zero attached hydrogens (tertiary/aromatic N) is 2. The molecular weight excluding hydrogens is 296 g/mol. The molecule has 110 valence electrons. The number of benzene rings is 1. The van der Waals surface area contributed by atoms with E-state index in [2.05, 4.69) is 13.5 Å². The number of ketones is 1. The third-order valence-corrected chi connectivity index (χ3v) is 3.26. The van der Waals surface area contributed by atoms with Crippen LogP contribution in [0.5, 0.6) is 11.5 Å². The molecule has 0 spiro atoms. The van der Waals surface area contributed by atoms with Crippen LogP contribution in [0.25, 0.3) is 0 Å². The summed E-state index contributed by atoms with van der Waals surface area (Å²) in [7, 11) is 4.14. The molecule has 0 aliphatic heterocycles. The van der Waals surface area contributed by atoms with Gasteiger partial charge in [0.25, 0.3) is 0 Å². The lowest BCUT2D eigenvalue weighted by Gasteiger charge is -2.08. The van der Waals surface area contributed by atoms with Crippen molar-refractivity contribution < 1.29 is 23.8 Å². The lowest BCUT2D eigenvalue weighted by Crippen LogP contribution is -2.12. The molecule has 0 amide bonds. The van der Waals surface area contributed by atoms with Gasteiger partial charge in [0.15, 0.2) is 11.4 Å². The third-order valence-electron chi connectivity index (χ3n) is 2.73. The van der Waals surface area contributed by atoms with Crippen LogP contribution in [0.1, 0.15) is 26.5 Å². The summed E-state index contributed by atoms with van der Waals surface area (Å²) in [5, 5.41) is 0. The van der Waals surface area contributed by atoms with Crippen LogP contribution in [0.4, 0.5) is 0 Å². The summed E-state index contributed by atoms with van der Waals surface area (Å²) in [4.78, 5) is 24.1. The van der Waals surface area contributed by atoms with Gasteiger partial charge in [-0.2, -0.15) is 8.75 Å². The number of carbonyl (C=O) groups excluding carboxylic acids is 2. The van der Waals surface area contributed by atoms with Crippen molar-refractivity contribution in [2.45, 2.75) is 0 Å². The number of hydrogen-bond donors (Lipinski definition) is 0. The molecule has 7 nitrogen and oxygen atoms in total. The number of ether oxygens (including phenoxy) is 3. The van der Waals surface area contributed by atoms with Gasteiger partial charge in [-0.05, 0) is 18.2 Å². The Kier molecular flexibility index (Phi) is 4.49. The SMILES string of the molecule is COC(=O)c1nsnc1C(=O)c1cc(OC)ccc1OC. The zero-order valence-corrected chi connectivity index (χ0v) is 12.4. The molecule has 0 N–H and O–H groups in total. The molecule has 1 aromatic carbocycles. The van der Waals surface area contributed by atoms with Crippen molar-refractivity contribution in [3.8, 4) is 11.5 Å². The molecule has 2 aromatic rings. The predicted octanol–water partition coefficient (Wildman–Crippen LogP) is 1.57. The summed E-state index contributed by atoms with van der Waals surface area (Å²) < 4.78 is 22.5. The molecule has 0 unspecified atom stereocenters. The lowest BCUT2D eigenvalue weighted by atomic mass is 10.1. The smallest absolute Gasteiger partial charge is 0.360 e. The fourth-order valence-corrected chi connectivity index (χ4v) is 2.22. The van der Waals surface area contributed by atoms with Gasteiger partial charge in [0.1, 0.15) is 11.5 Å². The number of aromatic nitrogens is 2. The second-order valence-electron chi connectivity index (χ2n) is 3.85. The molecule has 0 radical (unpaired) electrons. The van der Waals surface area contributed by atoms with Crippen LogP contribution < -0.4 is 9.47 Å². The van der Waals surface area contributed by atoms with Crippen molar-refractivity contribution in [2.75, 3.05) is 21.3 Å². The van der Waals surface area contributed by atoms with Crippen LogP contribution in [-0.2, 0) is 4.74 Å². The van der Waals surface area contributed by atoms with Crippen molar-refractivity contribution >= 4 is 23.5 Å². The lowest BCUT2D eigenvalue weighted by molar-refractivity contribution is 0.0591. The quantitative estimate of drug-likeness (QED) is 0.612. The predicted molar refractivity (Wildman–Crippen MR) is 74.2 cm³/mol. The Morgan fingerprint density at radius 2 is 1.76 bits per heavy atom. The van der Waals surface area contributed by atoms with Gasteiger partial charge < -0.3 is 14.2 Å². The van der Waals surface area contributed by atoms with Gasteiger partial charge in [0.05, 0.1) is 38.6 Å². The Morgan fingerprint density at radius 3 is 2.38 bits per heavy atom. The molecular formula is C13H12N2O5S. The van der Waals surface area contributed by atoms with Gasteiger partial charge in [0, 0.05) is 0 Å². The zero-order chi connectivity index (χ0) is 15.4. The van der Waals surface area contributed by atoms with Crippen LogP contribution in [-0.4, -0.2) is 41.8 Å². The Morgan fingerprint density at radius 1 is 1.05 bits per heavy atom. The fourth-order valence-electron chi connectivity index (χ4n) is 1.69. The van der Waals surface area contributed by atoms with Crippen molar-refractivity contribution in [3.63, 3.8) is 0 Å². The molecule has 0 aliphatic rings. The van der Waals surface area contributed by atoms with Gasteiger partial charge >= 0.3 is 5.97 Å². The van der Waals surface area contributed by atoms with Crippen LogP contribution in [0.3, 0.4) is 0 Å². The van der Waals surface area contributed by atoms with Crippen LogP contribution in [0, 0.1) is 0 Å². The first-order chi connectivity index (χ1) is 10.1. The highest BCUT2D eigenvalue weighted by Gasteiger charge is 2.26. The first-order valence-electron chi connectivity index (χ1n) is 5.80. The summed E-state index contributed by atoms with van der Waals surface area (Å²) in [5.74, 6) is -0.361. The number of carbonyl (C=O) groups is 2. The van der Waals surface area contributed by atoms with E-state index in [0.29, 0.717) is 11.5 Å². The topological polar surface area (TPSA) is 87.6 Å². The minimum Gasteiger partial charge on any atom is -0.497 e. The minimum atomic E-state index is -0.714. The van der Waals surface area contributed by atoms with Crippen molar-refractivity contribution in [1.29, 1.82) is 0 Å². The van der Waals surface area contributed by atoms with E-state index in [9.17, 15) is 9.59 Å². The van der Waals surface area contributed by atoms with Crippen LogP contribution >= 0.6 is 11.7 Å². The molecule has 1 aromatic heterocycles. The van der Waals surface area contributed by atoms with Gasteiger partial charge in [-0.15, -0.1) is 0 Å². The Bertz CT molecular complexity index is 683. The zero-order valence-electron chi connectivity index (χ0n) is 11.6. The van der Waals surface area contributed by atoms with E-state index in [1.165, 1.54) is 27.4 Å². The standard InChI is InChI=1S/C13H12N2O5S/c1-18-7-4-5-9(19-2)8(6-7)12(16)10-11(13(17)20-3)15-21-14-10/h4-6H,1-3H3. The molecule has 21 heavy (non-hydrogen) atoms. The maximum Gasteiger partial charge on any atom is 0.360 e. The fraction of sp³-hybridized carbons (Fsp3) is 0.231. The first kappa shape index (κ1) is 14.9. The first-order valence-corrected chi connectivity index (χ1v) is 6.53. The van der Waals surface area contributed by atoms with Gasteiger partial charge in [-0.3, -0.25) is 4.79 Å². The van der Waals surface area contributed by atoms with E-state index in [0.717, 1.165) is 11.7 Å². The summed E-state index contributed by atoms with van der Waals surface area (Å²) >= 11 is 0.763. The summed E-state index contributed by atoms with van der Waals surface area (Å²) in [5.41, 5.74) is 0.0467. The molecule has 0 fully saturated rings. The molecule has 1 heterocycles. The Labute approximate surface area is 124 Å². The van der Waals surface area contributed by atoms with Gasteiger partial charge in [-0.25, -0.2) is 4.79 Å². The molecule has 0 saturated heterocycles. The highest BCUT2D eigenvalue weighted by atomic mass is 32.1. The van der Waals surface area contributed by atoms with Crippen LogP contribution in [0.2, 0.25) is 0 Å². The van der Waals surface area contributed by atoms with Gasteiger partial charge in [0.2, 0.25) is 5.78 Å². The summed E-state index contributed by atoms with van der Waals surface area (Å²) in [6.07, 6.45) is 0. The van der Waals surface area contributed by atoms with E-state index in [1.54, 1.807) is 12.1 Å². The summed E-state index contributed by atoms with van der Waals surface area (Å²) in [6.45, 7) is 0. The third kappa shape index (κ3) is 2.84. The van der Waals surface area contributed by atoms with E-state index in [-0.39, 0.29) is 17.0 Å².